The molecule has 0 aliphatic carbocycles. The quantitative estimate of drug-likeness (QED) is 0.318. The van der Waals surface area contributed by atoms with Gasteiger partial charge < -0.3 is 4.74 Å². The van der Waals surface area contributed by atoms with E-state index in [9.17, 15) is 18.5 Å². The summed E-state index contributed by atoms with van der Waals surface area (Å²) < 4.78 is 35.1. The van der Waals surface area contributed by atoms with Crippen molar-refractivity contribution in [3.63, 3.8) is 0 Å². The number of para-hydroxylation sites is 2. The Morgan fingerprint density at radius 1 is 1.23 bits per heavy atom. The maximum absolute atomic E-state index is 13.0. The lowest BCUT2D eigenvalue weighted by atomic mass is 10.3. The van der Waals surface area contributed by atoms with Gasteiger partial charge in [0.1, 0.15) is 10.6 Å². The average Bonchev–Trinajstić information content (AvgIpc) is 3.13. The molecular formula is C18H18N6O5S. The van der Waals surface area contributed by atoms with Crippen molar-refractivity contribution in [1.82, 2.24) is 9.78 Å². The number of non-ortho nitro benzene ring substituents is 1. The third kappa shape index (κ3) is 4.72. The number of nitro benzene ring substituents is 1. The number of ether oxygens (including phenoxy) is 1. The molecule has 0 aliphatic rings. The number of sulfonamides is 1. The van der Waals surface area contributed by atoms with Crippen LogP contribution in [0, 0.1) is 10.1 Å². The van der Waals surface area contributed by atoms with E-state index in [1.54, 1.807) is 42.3 Å². The molecule has 3 rings (SSSR count). The molecule has 0 bridgehead atoms. The van der Waals surface area contributed by atoms with Gasteiger partial charge in [0.25, 0.3) is 15.7 Å². The van der Waals surface area contributed by atoms with Gasteiger partial charge in [-0.25, -0.2) is 8.42 Å². The lowest BCUT2D eigenvalue weighted by molar-refractivity contribution is -0.385. The van der Waals surface area contributed by atoms with Crippen LogP contribution in [0.15, 0.2) is 64.9 Å². The third-order valence-electron chi connectivity index (χ3n) is 3.94. The number of nitrogens with one attached hydrogen (secondary N) is 2. The second-order valence-electron chi connectivity index (χ2n) is 6.06. The van der Waals surface area contributed by atoms with Crippen LogP contribution in [0.4, 0.5) is 17.1 Å². The number of nitrogens with zero attached hydrogens (tertiary/aromatic N) is 4. The molecule has 30 heavy (non-hydrogen) atoms. The van der Waals surface area contributed by atoms with Gasteiger partial charge in [0.05, 0.1) is 35.8 Å². The smallest absolute Gasteiger partial charge is 0.270 e. The summed E-state index contributed by atoms with van der Waals surface area (Å²) in [5.41, 5.74) is 3.17. The van der Waals surface area contributed by atoms with Crippen LogP contribution in [-0.4, -0.2) is 36.4 Å². The lowest BCUT2D eigenvalue weighted by Gasteiger charge is -2.14. The Hall–Kier alpha value is -3.93. The molecule has 2 aromatic carbocycles. The van der Waals surface area contributed by atoms with Crippen molar-refractivity contribution in [3.8, 4) is 5.75 Å². The van der Waals surface area contributed by atoms with Gasteiger partial charge in [-0.05, 0) is 18.2 Å². The van der Waals surface area contributed by atoms with E-state index in [0.29, 0.717) is 11.3 Å². The molecule has 0 atom stereocenters. The minimum Gasteiger partial charge on any atom is -0.495 e. The topological polar surface area (TPSA) is 141 Å². The summed E-state index contributed by atoms with van der Waals surface area (Å²) in [6, 6.07) is 9.83. The van der Waals surface area contributed by atoms with Crippen molar-refractivity contribution in [3.05, 3.63) is 70.5 Å². The first-order chi connectivity index (χ1) is 14.3. The molecule has 0 spiro atoms. The Bertz CT molecular complexity index is 1210. The summed E-state index contributed by atoms with van der Waals surface area (Å²) in [4.78, 5) is 10.1. The minimum absolute atomic E-state index is 0.0585. The van der Waals surface area contributed by atoms with Crippen molar-refractivity contribution in [1.29, 1.82) is 0 Å². The highest BCUT2D eigenvalue weighted by Crippen LogP contribution is 2.31. The number of benzene rings is 2. The van der Waals surface area contributed by atoms with E-state index in [0.717, 1.165) is 6.07 Å². The van der Waals surface area contributed by atoms with Crippen LogP contribution in [0.2, 0.25) is 0 Å². The second-order valence-corrected chi connectivity index (χ2v) is 7.71. The highest BCUT2D eigenvalue weighted by atomic mass is 32.2. The van der Waals surface area contributed by atoms with Gasteiger partial charge >= 0.3 is 0 Å². The lowest BCUT2D eigenvalue weighted by Crippen LogP contribution is -2.15. The maximum atomic E-state index is 13.0. The molecule has 0 radical (unpaired) electrons. The summed E-state index contributed by atoms with van der Waals surface area (Å²) in [7, 11) is -1.06. The molecule has 12 heteroatoms. The number of nitro groups is 1. The van der Waals surface area contributed by atoms with Crippen molar-refractivity contribution in [2.75, 3.05) is 17.3 Å². The van der Waals surface area contributed by atoms with Crippen LogP contribution >= 0.6 is 0 Å². The Morgan fingerprint density at radius 2 is 2.00 bits per heavy atom. The van der Waals surface area contributed by atoms with Crippen molar-refractivity contribution < 1.29 is 18.1 Å². The molecule has 0 amide bonds. The second kappa shape index (κ2) is 8.61. The van der Waals surface area contributed by atoms with E-state index in [1.807, 2.05) is 0 Å². The molecule has 0 fully saturated rings. The standard InChI is InChI=1S/C18H18N6O5S/c1-23-12-13(11-20-23)10-19-21-16-8-7-14(24(25)26)9-18(16)30(27,28)22-15-5-3-4-6-17(15)29-2/h3-12,21-22H,1-2H3/b19-10+. The number of rotatable bonds is 8. The molecule has 1 aromatic heterocycles. The highest BCUT2D eigenvalue weighted by molar-refractivity contribution is 7.93. The van der Waals surface area contributed by atoms with E-state index in [2.05, 4.69) is 20.3 Å². The maximum Gasteiger partial charge on any atom is 0.270 e. The van der Waals surface area contributed by atoms with E-state index in [-0.39, 0.29) is 22.0 Å². The Balaban J connectivity index is 1.96. The number of hydrogen-bond donors (Lipinski definition) is 2. The molecule has 0 unspecified atom stereocenters. The summed E-state index contributed by atoms with van der Waals surface area (Å²) in [5, 5.41) is 19.2. The van der Waals surface area contributed by atoms with Crippen LogP contribution in [0.3, 0.4) is 0 Å². The van der Waals surface area contributed by atoms with Gasteiger partial charge in [0.15, 0.2) is 0 Å². The van der Waals surface area contributed by atoms with Crippen LogP contribution in [0.1, 0.15) is 5.56 Å². The third-order valence-corrected chi connectivity index (χ3v) is 5.35. The minimum atomic E-state index is -4.21. The monoisotopic (exact) mass is 430 g/mol. The zero-order valence-corrected chi connectivity index (χ0v) is 16.8. The number of hydrogen-bond acceptors (Lipinski definition) is 8. The van der Waals surface area contributed by atoms with E-state index >= 15 is 0 Å². The number of methoxy groups -OCH3 is 1. The van der Waals surface area contributed by atoms with Gasteiger partial charge in [-0.3, -0.25) is 24.9 Å². The Morgan fingerprint density at radius 3 is 2.67 bits per heavy atom. The van der Waals surface area contributed by atoms with E-state index in [4.69, 9.17) is 4.74 Å². The van der Waals surface area contributed by atoms with Gasteiger partial charge in [0.2, 0.25) is 0 Å². The summed E-state index contributed by atoms with van der Waals surface area (Å²) in [5.74, 6) is 0.301. The normalized spacial score (nSPS) is 11.4. The highest BCUT2D eigenvalue weighted by Gasteiger charge is 2.23. The van der Waals surface area contributed by atoms with Gasteiger partial charge in [0, 0.05) is 30.9 Å². The molecule has 0 saturated carbocycles. The fourth-order valence-corrected chi connectivity index (χ4v) is 3.80. The number of anilines is 2. The molecule has 156 valence electrons. The molecule has 1 heterocycles. The molecule has 0 saturated heterocycles. The SMILES string of the molecule is COc1ccccc1NS(=O)(=O)c1cc([N+](=O)[O-])ccc1N/N=C/c1cnn(C)c1. The number of aryl methyl sites for hydroxylation is 1. The molecular weight excluding hydrogens is 412 g/mol. The van der Waals surface area contributed by atoms with Crippen molar-refractivity contribution >= 4 is 33.3 Å². The van der Waals surface area contributed by atoms with Crippen LogP contribution < -0.4 is 14.9 Å². The summed E-state index contributed by atoms with van der Waals surface area (Å²) in [6.07, 6.45) is 4.72. The zero-order chi connectivity index (χ0) is 21.7. The molecule has 3 aromatic rings. The molecule has 0 aliphatic heterocycles. The predicted molar refractivity (Wildman–Crippen MR) is 111 cm³/mol. The van der Waals surface area contributed by atoms with Gasteiger partial charge in [-0.2, -0.15) is 10.2 Å². The fourth-order valence-electron chi connectivity index (χ4n) is 2.55. The first-order valence-corrected chi connectivity index (χ1v) is 10.0. The summed E-state index contributed by atoms with van der Waals surface area (Å²) in [6.45, 7) is 0. The van der Waals surface area contributed by atoms with Crippen LogP contribution in [0.5, 0.6) is 5.75 Å². The Kier molecular flexibility index (Phi) is 5.97. The largest absolute Gasteiger partial charge is 0.495 e. The van der Waals surface area contributed by atoms with Gasteiger partial charge in [-0.1, -0.05) is 12.1 Å². The fraction of sp³-hybridized carbons (Fsp3) is 0.111. The van der Waals surface area contributed by atoms with Crippen molar-refractivity contribution in [2.24, 2.45) is 12.1 Å². The molecule has 2 N–H and O–H groups in total. The van der Waals surface area contributed by atoms with Crippen molar-refractivity contribution in [2.45, 2.75) is 4.90 Å². The van der Waals surface area contributed by atoms with E-state index < -0.39 is 14.9 Å². The first-order valence-electron chi connectivity index (χ1n) is 8.52. The average molecular weight is 430 g/mol. The van der Waals surface area contributed by atoms with Gasteiger partial charge in [-0.15, -0.1) is 0 Å². The first kappa shape index (κ1) is 20.8. The number of aromatic nitrogens is 2. The zero-order valence-electron chi connectivity index (χ0n) is 16.0. The Labute approximate surface area is 172 Å². The van der Waals surface area contributed by atoms with Crippen LogP contribution in [0.25, 0.3) is 0 Å². The van der Waals surface area contributed by atoms with Crippen LogP contribution in [-0.2, 0) is 17.1 Å². The summed E-state index contributed by atoms with van der Waals surface area (Å²) >= 11 is 0. The predicted octanol–water partition coefficient (Wildman–Crippen LogP) is 2.58. The number of hydrazone groups is 1. The molecule has 11 nitrogen and oxygen atoms in total. The van der Waals surface area contributed by atoms with E-state index in [1.165, 1.54) is 31.5 Å².